The van der Waals surface area contributed by atoms with Crippen molar-refractivity contribution >= 4 is 29.3 Å². The van der Waals surface area contributed by atoms with E-state index in [9.17, 15) is 0 Å². The van der Waals surface area contributed by atoms with Crippen molar-refractivity contribution in [2.45, 2.75) is 32.1 Å². The third-order valence-corrected chi connectivity index (χ3v) is 17.0. The molecule has 0 aromatic heterocycles. The molecule has 3 aromatic rings. The molecule has 0 aliphatic heterocycles. The summed E-state index contributed by atoms with van der Waals surface area (Å²) in [6, 6.07) is 33.9. The molecular weight excluding hydrogens is 422 g/mol. The van der Waals surface area contributed by atoms with Crippen molar-refractivity contribution < 1.29 is 0 Å². The van der Waals surface area contributed by atoms with Gasteiger partial charge in [-0.1, -0.05) is 0 Å². The van der Waals surface area contributed by atoms with E-state index in [0.717, 1.165) is 0 Å². The van der Waals surface area contributed by atoms with Crippen molar-refractivity contribution in [1.29, 1.82) is 0 Å². The first-order valence-corrected chi connectivity index (χ1v) is 15.0. The van der Waals surface area contributed by atoms with Crippen LogP contribution in [-0.4, -0.2) is 18.8 Å². The van der Waals surface area contributed by atoms with Gasteiger partial charge in [0.15, 0.2) is 0 Å². The zero-order chi connectivity index (χ0) is 17.7. The molecule has 0 amide bonds. The van der Waals surface area contributed by atoms with Gasteiger partial charge < -0.3 is 0 Å². The van der Waals surface area contributed by atoms with E-state index in [1.807, 2.05) is 0 Å². The van der Waals surface area contributed by atoms with Crippen LogP contribution in [0, 0.1) is 0 Å². The molecule has 0 atom stereocenters. The molecule has 26 heavy (non-hydrogen) atoms. The van der Waals surface area contributed by atoms with Crippen molar-refractivity contribution in [3.05, 3.63) is 101 Å². The van der Waals surface area contributed by atoms with Gasteiger partial charge in [0.25, 0.3) is 0 Å². The summed E-state index contributed by atoms with van der Waals surface area (Å²) in [7, 11) is 0. The molecule has 0 bridgehead atoms. The van der Waals surface area contributed by atoms with Gasteiger partial charge in [0, 0.05) is 0 Å². The summed E-state index contributed by atoms with van der Waals surface area (Å²) in [6.45, 7) is 0. The van der Waals surface area contributed by atoms with Gasteiger partial charge in [0.2, 0.25) is 0 Å². The normalized spacial score (nSPS) is 14.8. The van der Waals surface area contributed by atoms with E-state index in [4.69, 9.17) is 0 Å². The molecule has 0 saturated heterocycles. The van der Waals surface area contributed by atoms with Gasteiger partial charge in [-0.05, 0) is 0 Å². The Balaban J connectivity index is 2.00. The van der Waals surface area contributed by atoms with Crippen LogP contribution in [0.5, 0.6) is 0 Å². The molecule has 1 aliphatic rings. The van der Waals surface area contributed by atoms with Crippen molar-refractivity contribution in [3.8, 4) is 0 Å². The maximum atomic E-state index is 2.78. The zero-order valence-corrected chi connectivity index (χ0v) is 17.8. The predicted octanol–water partition coefficient (Wildman–Crippen LogP) is 4.59. The monoisotopic (exact) mass is 447 g/mol. The summed E-state index contributed by atoms with van der Waals surface area (Å²) < 4.78 is 7.40. The fourth-order valence-electron chi connectivity index (χ4n) is 4.07. The van der Waals surface area contributed by atoms with Gasteiger partial charge >= 0.3 is 162 Å². The molecule has 4 rings (SSSR count). The van der Waals surface area contributed by atoms with E-state index in [1.165, 1.54) is 32.1 Å². The molecule has 1 fully saturated rings. The molecule has 1 saturated carbocycles. The Bertz CT molecular complexity index is 746. The Morgan fingerprint density at radius 3 is 1.27 bits per heavy atom. The fourth-order valence-corrected chi connectivity index (χ4v) is 15.7. The summed E-state index contributed by atoms with van der Waals surface area (Å²) in [5, 5.41) is 0. The number of allylic oxidation sites excluding steroid dienone is 1. The molecule has 1 aliphatic carbocycles. The Kier molecular flexibility index (Phi) is 5.61. The molecule has 0 N–H and O–H groups in total. The van der Waals surface area contributed by atoms with Crippen molar-refractivity contribution in [1.82, 2.24) is 0 Å². The Hall–Kier alpha value is -1.78. The van der Waals surface area contributed by atoms with Crippen LogP contribution in [0.25, 0.3) is 0 Å². The summed E-state index contributed by atoms with van der Waals surface area (Å²) in [5.74, 6) is 0. The van der Waals surface area contributed by atoms with Crippen LogP contribution >= 0.6 is 0 Å². The van der Waals surface area contributed by atoms with Gasteiger partial charge in [0.05, 0.1) is 0 Å². The zero-order valence-electron chi connectivity index (χ0n) is 15.2. The summed E-state index contributed by atoms with van der Waals surface area (Å²) in [5.41, 5.74) is 1.69. The van der Waals surface area contributed by atoms with Crippen LogP contribution in [0.2, 0.25) is 0 Å². The molecule has 0 unspecified atom stereocenters. The Morgan fingerprint density at radius 2 is 0.885 bits per heavy atom. The molecule has 0 heterocycles. The SMILES string of the molecule is [CH](=C1CCCCC1)[Sb]([c]1ccccc1)([c]1ccccc1)[c]1ccccc1. The quantitative estimate of drug-likeness (QED) is 0.513. The van der Waals surface area contributed by atoms with Gasteiger partial charge in [-0.3, -0.25) is 0 Å². The molecule has 1 radical (unpaired) electrons. The van der Waals surface area contributed by atoms with Crippen molar-refractivity contribution in [2.24, 2.45) is 0 Å². The first-order valence-electron chi connectivity index (χ1n) is 9.66. The van der Waals surface area contributed by atoms with E-state index < -0.39 is 18.8 Å². The average Bonchev–Trinajstić information content (AvgIpc) is 2.75. The van der Waals surface area contributed by atoms with Crippen LogP contribution in [0.1, 0.15) is 32.1 Å². The molecule has 0 spiro atoms. The van der Waals surface area contributed by atoms with Gasteiger partial charge in [0.1, 0.15) is 0 Å². The molecule has 131 valence electrons. The van der Waals surface area contributed by atoms with Gasteiger partial charge in [-0.15, -0.1) is 0 Å². The molecule has 1 heteroatoms. The predicted molar refractivity (Wildman–Crippen MR) is 115 cm³/mol. The Morgan fingerprint density at radius 1 is 0.500 bits per heavy atom. The number of hydrogen-bond acceptors (Lipinski definition) is 0. The van der Waals surface area contributed by atoms with E-state index in [2.05, 4.69) is 95.0 Å². The second kappa shape index (κ2) is 8.27. The standard InChI is InChI=1S/C7H11.3C6H5.Sb/c1-7-5-3-2-4-6-7;3*1-2-4-6-5-3-1;/h1H,2-6H2;3*1-5H;. The van der Waals surface area contributed by atoms with E-state index in [0.29, 0.717) is 0 Å². The fraction of sp³-hybridized carbons (Fsp3) is 0.200. The van der Waals surface area contributed by atoms with Crippen LogP contribution in [0.15, 0.2) is 101 Å². The third kappa shape index (κ3) is 3.53. The minimum absolute atomic E-state index is 1.28. The van der Waals surface area contributed by atoms with E-state index in [1.54, 1.807) is 16.1 Å². The topological polar surface area (TPSA) is 0 Å². The third-order valence-electron chi connectivity index (χ3n) is 5.36. The number of benzene rings is 3. The van der Waals surface area contributed by atoms with Crippen molar-refractivity contribution in [3.63, 3.8) is 0 Å². The van der Waals surface area contributed by atoms with E-state index in [-0.39, 0.29) is 0 Å². The van der Waals surface area contributed by atoms with Crippen molar-refractivity contribution in [2.75, 3.05) is 0 Å². The second-order valence-electron chi connectivity index (χ2n) is 7.08. The first kappa shape index (κ1) is 17.6. The van der Waals surface area contributed by atoms with Gasteiger partial charge in [-0.25, -0.2) is 0 Å². The minimum atomic E-state index is -3.03. The van der Waals surface area contributed by atoms with Crippen LogP contribution in [0.3, 0.4) is 0 Å². The molecule has 0 nitrogen and oxygen atoms in total. The number of hydrogen-bond donors (Lipinski definition) is 0. The summed E-state index contributed by atoms with van der Waals surface area (Å²) in [4.78, 5) is 0. The second-order valence-corrected chi connectivity index (χ2v) is 16.4. The molecular formula is C25H26Sb. The van der Waals surface area contributed by atoms with Crippen LogP contribution in [0.4, 0.5) is 0 Å². The van der Waals surface area contributed by atoms with Crippen LogP contribution in [-0.2, 0) is 0 Å². The van der Waals surface area contributed by atoms with Crippen LogP contribution < -0.4 is 10.5 Å². The van der Waals surface area contributed by atoms with E-state index >= 15 is 0 Å². The maximum absolute atomic E-state index is 3.03. The number of rotatable bonds is 4. The molecule has 3 aromatic carbocycles. The summed E-state index contributed by atoms with van der Waals surface area (Å²) in [6.07, 6.45) is 6.65. The average molecular weight is 448 g/mol. The van der Waals surface area contributed by atoms with Gasteiger partial charge in [-0.2, -0.15) is 0 Å². The Labute approximate surface area is 161 Å². The first-order chi connectivity index (χ1) is 12.9. The summed E-state index contributed by atoms with van der Waals surface area (Å²) >= 11 is -3.03.